The Morgan fingerprint density at radius 3 is 2.22 bits per heavy atom. The van der Waals surface area contributed by atoms with Crippen LogP contribution in [0, 0.1) is 5.92 Å². The molecule has 1 aromatic carbocycles. The van der Waals surface area contributed by atoms with E-state index in [9.17, 15) is 13.2 Å². The van der Waals surface area contributed by atoms with Crippen LogP contribution in [0.25, 0.3) is 0 Å². The fraction of sp³-hybridized carbons (Fsp3) is 0.571. The number of alkyl halides is 3. The quantitative estimate of drug-likeness (QED) is 0.849. The Morgan fingerprint density at radius 2 is 1.78 bits per heavy atom. The number of hydrogen-bond donors (Lipinski definition) is 1. The van der Waals surface area contributed by atoms with Crippen LogP contribution in [0.1, 0.15) is 36.8 Å². The van der Waals surface area contributed by atoms with E-state index < -0.39 is 11.7 Å². The van der Waals surface area contributed by atoms with Crippen molar-refractivity contribution in [3.05, 3.63) is 35.4 Å². The summed E-state index contributed by atoms with van der Waals surface area (Å²) >= 11 is 0. The van der Waals surface area contributed by atoms with Crippen LogP contribution in [-0.4, -0.2) is 6.54 Å². The van der Waals surface area contributed by atoms with Crippen LogP contribution in [0.15, 0.2) is 24.3 Å². The van der Waals surface area contributed by atoms with E-state index in [1.807, 2.05) is 0 Å². The van der Waals surface area contributed by atoms with Crippen LogP contribution in [-0.2, 0) is 11.7 Å². The summed E-state index contributed by atoms with van der Waals surface area (Å²) in [5, 5.41) is 3.53. The summed E-state index contributed by atoms with van der Waals surface area (Å²) in [5.74, 6) is 0.608. The van der Waals surface area contributed by atoms with Gasteiger partial charge in [-0.1, -0.05) is 12.1 Å². The highest BCUT2D eigenvalue weighted by atomic mass is 19.4. The Bertz CT molecular complexity index is 425. The molecule has 3 rings (SSSR count). The van der Waals surface area contributed by atoms with Crippen LogP contribution in [0.5, 0.6) is 0 Å². The number of nitrogens with one attached hydrogen (secondary N) is 1. The highest BCUT2D eigenvalue weighted by Crippen LogP contribution is 2.50. The molecule has 0 radical (unpaired) electrons. The Kier molecular flexibility index (Phi) is 2.66. The zero-order valence-corrected chi connectivity index (χ0v) is 10.1. The first kappa shape index (κ1) is 12.0. The number of hydrogen-bond acceptors (Lipinski definition) is 1. The lowest BCUT2D eigenvalue weighted by Gasteiger charge is -2.30. The molecular formula is C14H16F3N. The monoisotopic (exact) mass is 255 g/mol. The first-order chi connectivity index (χ1) is 8.52. The minimum atomic E-state index is -4.24. The van der Waals surface area contributed by atoms with Gasteiger partial charge in [0, 0.05) is 5.54 Å². The summed E-state index contributed by atoms with van der Waals surface area (Å²) in [6.45, 7) is 0.970. The molecular weight excluding hydrogens is 239 g/mol. The summed E-state index contributed by atoms with van der Waals surface area (Å²) in [7, 11) is 0. The van der Waals surface area contributed by atoms with Gasteiger partial charge < -0.3 is 5.32 Å². The Hall–Kier alpha value is -1.03. The molecule has 0 amide bonds. The summed E-state index contributed by atoms with van der Waals surface area (Å²) < 4.78 is 37.6. The van der Waals surface area contributed by atoms with E-state index in [1.54, 1.807) is 12.1 Å². The second-order valence-electron chi connectivity index (χ2n) is 5.35. The zero-order valence-electron chi connectivity index (χ0n) is 10.1. The minimum Gasteiger partial charge on any atom is -0.307 e. The number of halogens is 3. The van der Waals surface area contributed by atoms with E-state index in [2.05, 4.69) is 5.32 Å². The molecule has 1 N–H and O–H groups in total. The van der Waals surface area contributed by atoms with Crippen LogP contribution >= 0.6 is 0 Å². The molecule has 1 atom stereocenters. The first-order valence-corrected chi connectivity index (χ1v) is 6.45. The van der Waals surface area contributed by atoms with Gasteiger partial charge in [-0.05, 0) is 55.8 Å². The maximum atomic E-state index is 12.5. The van der Waals surface area contributed by atoms with Gasteiger partial charge in [0.25, 0.3) is 0 Å². The third-order valence-corrected chi connectivity index (χ3v) is 4.19. The van der Waals surface area contributed by atoms with Crippen LogP contribution in [0.4, 0.5) is 13.2 Å². The number of benzene rings is 1. The summed E-state index contributed by atoms with van der Waals surface area (Å²) in [6.07, 6.45) is 0.289. The Morgan fingerprint density at radius 1 is 1.11 bits per heavy atom. The summed E-state index contributed by atoms with van der Waals surface area (Å²) in [6, 6.07) is 5.72. The molecule has 98 valence electrons. The molecule has 0 aromatic heterocycles. The molecule has 1 aliphatic heterocycles. The largest absolute Gasteiger partial charge is 0.416 e. The molecule has 0 spiro atoms. The van der Waals surface area contributed by atoms with Gasteiger partial charge in [-0.25, -0.2) is 0 Å². The molecule has 1 nitrogen and oxygen atoms in total. The summed E-state index contributed by atoms with van der Waals surface area (Å²) in [4.78, 5) is 0. The Labute approximate surface area is 104 Å². The molecule has 0 bridgehead atoms. The molecule has 1 heterocycles. The van der Waals surface area contributed by atoms with Crippen molar-refractivity contribution in [3.8, 4) is 0 Å². The molecule has 1 unspecified atom stereocenters. The minimum absolute atomic E-state index is 0.0515. The number of rotatable bonds is 2. The SMILES string of the molecule is FC(F)(F)c1ccc(C2(C3CC3)CCCN2)cc1. The van der Waals surface area contributed by atoms with Crippen molar-refractivity contribution in [1.82, 2.24) is 5.32 Å². The lowest BCUT2D eigenvalue weighted by atomic mass is 9.83. The van der Waals surface area contributed by atoms with Gasteiger partial charge in [0.05, 0.1) is 5.56 Å². The van der Waals surface area contributed by atoms with Gasteiger partial charge in [-0.15, -0.1) is 0 Å². The Balaban J connectivity index is 1.92. The summed E-state index contributed by atoms with van der Waals surface area (Å²) in [5.41, 5.74) is 0.412. The van der Waals surface area contributed by atoms with Crippen molar-refractivity contribution in [2.75, 3.05) is 6.54 Å². The van der Waals surface area contributed by atoms with Crippen LogP contribution in [0.3, 0.4) is 0 Å². The van der Waals surface area contributed by atoms with Crippen molar-refractivity contribution >= 4 is 0 Å². The van der Waals surface area contributed by atoms with Crippen LogP contribution in [0.2, 0.25) is 0 Å². The standard InChI is InChI=1S/C14H16F3N/c15-14(16,17)12-6-4-11(5-7-12)13(10-2-3-10)8-1-9-18-13/h4-7,10,18H,1-3,8-9H2. The van der Waals surface area contributed by atoms with E-state index in [1.165, 1.54) is 25.0 Å². The third-order valence-electron chi connectivity index (χ3n) is 4.19. The highest BCUT2D eigenvalue weighted by molar-refractivity contribution is 5.32. The van der Waals surface area contributed by atoms with Crippen LogP contribution < -0.4 is 5.32 Å². The topological polar surface area (TPSA) is 12.0 Å². The van der Waals surface area contributed by atoms with Gasteiger partial charge in [-0.2, -0.15) is 13.2 Å². The van der Waals surface area contributed by atoms with Crippen molar-refractivity contribution in [1.29, 1.82) is 0 Å². The second-order valence-corrected chi connectivity index (χ2v) is 5.35. The van der Waals surface area contributed by atoms with E-state index >= 15 is 0 Å². The maximum Gasteiger partial charge on any atom is 0.416 e. The molecule has 1 aromatic rings. The fourth-order valence-corrected chi connectivity index (χ4v) is 3.13. The highest BCUT2D eigenvalue weighted by Gasteiger charge is 2.47. The molecule has 18 heavy (non-hydrogen) atoms. The van der Waals surface area contributed by atoms with E-state index in [4.69, 9.17) is 0 Å². The predicted octanol–water partition coefficient (Wildman–Crippen LogP) is 3.69. The average Bonchev–Trinajstić information content (AvgIpc) is 3.08. The second kappa shape index (κ2) is 3.98. The normalized spacial score (nSPS) is 28.6. The first-order valence-electron chi connectivity index (χ1n) is 6.45. The van der Waals surface area contributed by atoms with Crippen molar-refractivity contribution < 1.29 is 13.2 Å². The van der Waals surface area contributed by atoms with Crippen molar-refractivity contribution in [2.24, 2.45) is 5.92 Å². The van der Waals surface area contributed by atoms with E-state index in [0.717, 1.165) is 24.9 Å². The predicted molar refractivity (Wildman–Crippen MR) is 63.1 cm³/mol. The fourth-order valence-electron chi connectivity index (χ4n) is 3.13. The molecule has 2 fully saturated rings. The lowest BCUT2D eigenvalue weighted by Crippen LogP contribution is -2.39. The van der Waals surface area contributed by atoms with Gasteiger partial charge in [-0.3, -0.25) is 0 Å². The van der Waals surface area contributed by atoms with Gasteiger partial charge in [0.15, 0.2) is 0 Å². The third kappa shape index (κ3) is 1.92. The molecule has 1 saturated carbocycles. The van der Waals surface area contributed by atoms with E-state index in [0.29, 0.717) is 5.92 Å². The smallest absolute Gasteiger partial charge is 0.307 e. The average molecular weight is 255 g/mol. The van der Waals surface area contributed by atoms with E-state index in [-0.39, 0.29) is 5.54 Å². The molecule has 1 aliphatic carbocycles. The van der Waals surface area contributed by atoms with Gasteiger partial charge in [0.1, 0.15) is 0 Å². The maximum absolute atomic E-state index is 12.5. The zero-order chi connectivity index (χ0) is 12.8. The molecule has 2 aliphatic rings. The molecule has 4 heteroatoms. The lowest BCUT2D eigenvalue weighted by molar-refractivity contribution is -0.137. The van der Waals surface area contributed by atoms with Crippen molar-refractivity contribution in [3.63, 3.8) is 0 Å². The van der Waals surface area contributed by atoms with Crippen molar-refractivity contribution in [2.45, 2.75) is 37.4 Å². The molecule has 1 saturated heterocycles. The van der Waals surface area contributed by atoms with Gasteiger partial charge >= 0.3 is 6.18 Å². The van der Waals surface area contributed by atoms with Gasteiger partial charge in [0.2, 0.25) is 0 Å².